The Morgan fingerprint density at radius 1 is 1.17 bits per heavy atom. The topological polar surface area (TPSA) is 127 Å². The Morgan fingerprint density at radius 3 is 2.64 bits per heavy atom. The van der Waals surface area contributed by atoms with Gasteiger partial charge < -0.3 is 30.1 Å². The fourth-order valence-corrected chi connectivity index (χ4v) is 4.96. The first-order chi connectivity index (χ1) is 17.5. The van der Waals surface area contributed by atoms with Gasteiger partial charge in [0, 0.05) is 13.1 Å². The van der Waals surface area contributed by atoms with Crippen LogP contribution in [0.1, 0.15) is 56.6 Å². The van der Waals surface area contributed by atoms with Crippen LogP contribution in [0.25, 0.3) is 0 Å². The predicted molar refractivity (Wildman–Crippen MR) is 136 cm³/mol. The molecule has 0 aromatic heterocycles. The standard InChI is InChI=1S/C23H34O6.C4H11NO2/c1-3-4-5-8-18(24)10-11-22-20-12-16-7-6-9-21(28-15-23(25)29-26-2)19(16)13-17(20)14-27-22;6-3-1-5-2-4-7/h6-7,9,17-18,20,22,24H,3-5,8,10-15H2,1-2H3;5-7H,1-4H2. The number of aliphatic hydroxyl groups excluding tert-OH is 3. The van der Waals surface area contributed by atoms with Crippen molar-refractivity contribution in [3.8, 4) is 5.75 Å². The summed E-state index contributed by atoms with van der Waals surface area (Å²) in [4.78, 5) is 20.3. The van der Waals surface area contributed by atoms with E-state index in [4.69, 9.17) is 19.7 Å². The Morgan fingerprint density at radius 2 is 1.94 bits per heavy atom. The second-order valence-electron chi connectivity index (χ2n) is 9.43. The molecule has 0 saturated carbocycles. The molecule has 3 rings (SSSR count). The molecule has 2 aliphatic rings. The van der Waals surface area contributed by atoms with Crippen LogP contribution in [0.4, 0.5) is 0 Å². The summed E-state index contributed by atoms with van der Waals surface area (Å²) in [7, 11) is 1.29. The molecule has 36 heavy (non-hydrogen) atoms. The summed E-state index contributed by atoms with van der Waals surface area (Å²) >= 11 is 0. The van der Waals surface area contributed by atoms with Crippen LogP contribution < -0.4 is 10.1 Å². The highest BCUT2D eigenvalue weighted by Crippen LogP contribution is 2.42. The molecule has 9 nitrogen and oxygen atoms in total. The summed E-state index contributed by atoms with van der Waals surface area (Å²) in [5.41, 5.74) is 2.44. The molecule has 0 spiro atoms. The molecule has 1 aromatic carbocycles. The van der Waals surface area contributed by atoms with Crippen LogP contribution in [-0.2, 0) is 32.1 Å². The lowest BCUT2D eigenvalue weighted by Crippen LogP contribution is -2.30. The van der Waals surface area contributed by atoms with Crippen LogP contribution in [0.3, 0.4) is 0 Å². The van der Waals surface area contributed by atoms with Gasteiger partial charge in [0.15, 0.2) is 6.61 Å². The Kier molecular flexibility index (Phi) is 15.0. The lowest BCUT2D eigenvalue weighted by Gasteiger charge is -2.30. The fourth-order valence-electron chi connectivity index (χ4n) is 4.96. The largest absolute Gasteiger partial charge is 0.481 e. The van der Waals surface area contributed by atoms with Gasteiger partial charge in [-0.1, -0.05) is 38.3 Å². The van der Waals surface area contributed by atoms with Crippen molar-refractivity contribution in [1.82, 2.24) is 5.32 Å². The number of carbonyl (C=O) groups excluding carboxylic acids is 1. The summed E-state index contributed by atoms with van der Waals surface area (Å²) in [6.07, 6.45) is 7.95. The first-order valence-electron chi connectivity index (χ1n) is 13.2. The summed E-state index contributed by atoms with van der Waals surface area (Å²) in [5.74, 6) is 1.13. The summed E-state index contributed by atoms with van der Waals surface area (Å²) in [6.45, 7) is 4.18. The van der Waals surface area contributed by atoms with Crippen LogP contribution in [-0.4, -0.2) is 80.1 Å². The van der Waals surface area contributed by atoms with Crippen molar-refractivity contribution in [2.75, 3.05) is 46.6 Å². The molecule has 0 bridgehead atoms. The minimum Gasteiger partial charge on any atom is -0.481 e. The summed E-state index contributed by atoms with van der Waals surface area (Å²) in [6, 6.07) is 6.01. The number of fused-ring (bicyclic) bond motifs is 2. The zero-order chi connectivity index (χ0) is 26.2. The van der Waals surface area contributed by atoms with E-state index in [2.05, 4.69) is 28.1 Å². The molecular weight excluding hydrogens is 466 g/mol. The van der Waals surface area contributed by atoms with Gasteiger partial charge in [0.05, 0.1) is 39.1 Å². The van der Waals surface area contributed by atoms with Crippen molar-refractivity contribution in [3.05, 3.63) is 29.3 Å². The van der Waals surface area contributed by atoms with Gasteiger partial charge in [0.25, 0.3) is 0 Å². The summed E-state index contributed by atoms with van der Waals surface area (Å²) in [5, 5.41) is 29.3. The van der Waals surface area contributed by atoms with Crippen LogP contribution in [0, 0.1) is 11.8 Å². The lowest BCUT2D eigenvalue weighted by atomic mass is 9.74. The van der Waals surface area contributed by atoms with E-state index >= 15 is 0 Å². The number of aliphatic hydroxyl groups is 3. The van der Waals surface area contributed by atoms with E-state index in [0.717, 1.165) is 50.9 Å². The molecule has 4 atom stereocenters. The van der Waals surface area contributed by atoms with E-state index in [-0.39, 0.29) is 32.0 Å². The molecule has 0 radical (unpaired) electrons. The number of unbranched alkanes of at least 4 members (excludes halogenated alkanes) is 2. The molecule has 1 heterocycles. The van der Waals surface area contributed by atoms with Gasteiger partial charge >= 0.3 is 5.97 Å². The predicted octanol–water partition coefficient (Wildman–Crippen LogP) is 2.18. The minimum absolute atomic E-state index is 0.139. The molecule has 0 amide bonds. The molecule has 206 valence electrons. The van der Waals surface area contributed by atoms with E-state index in [1.165, 1.54) is 31.1 Å². The molecule has 9 heteroatoms. The first-order valence-corrected chi connectivity index (χ1v) is 13.2. The number of hydrogen-bond acceptors (Lipinski definition) is 9. The van der Waals surface area contributed by atoms with Gasteiger partial charge in [-0.25, -0.2) is 4.79 Å². The average molecular weight is 512 g/mol. The first kappa shape index (κ1) is 30.5. The van der Waals surface area contributed by atoms with Gasteiger partial charge in [-0.15, -0.1) is 0 Å². The molecule has 1 aliphatic heterocycles. The third-order valence-corrected chi connectivity index (χ3v) is 6.78. The minimum atomic E-state index is -0.555. The SMILES string of the molecule is CCCCCC(O)CCC1OCC2Cc3c(cccc3OCC(=O)OOC)CC21.OCCNCCO. The van der Waals surface area contributed by atoms with Crippen LogP contribution in [0.5, 0.6) is 5.75 Å². The van der Waals surface area contributed by atoms with Gasteiger partial charge in [-0.05, 0) is 61.1 Å². The number of ether oxygens (including phenoxy) is 2. The number of rotatable bonds is 15. The maximum atomic E-state index is 11.5. The highest BCUT2D eigenvalue weighted by atomic mass is 17.2. The quantitative estimate of drug-likeness (QED) is 0.159. The molecule has 1 aliphatic carbocycles. The zero-order valence-electron chi connectivity index (χ0n) is 21.8. The van der Waals surface area contributed by atoms with Crippen molar-refractivity contribution >= 4 is 5.97 Å². The lowest BCUT2D eigenvalue weighted by molar-refractivity contribution is -0.256. The van der Waals surface area contributed by atoms with E-state index in [9.17, 15) is 9.90 Å². The van der Waals surface area contributed by atoms with Crippen molar-refractivity contribution in [2.24, 2.45) is 11.8 Å². The Bertz CT molecular complexity index is 742. The average Bonchev–Trinajstić information content (AvgIpc) is 3.27. The van der Waals surface area contributed by atoms with Crippen molar-refractivity contribution < 1.29 is 39.4 Å². The molecule has 1 fully saturated rings. The molecular formula is C27H45NO8. The smallest absolute Gasteiger partial charge is 0.379 e. The zero-order valence-corrected chi connectivity index (χ0v) is 21.8. The van der Waals surface area contributed by atoms with E-state index in [1.54, 1.807) is 0 Å². The Labute approximate surface area is 215 Å². The fraction of sp³-hybridized carbons (Fsp3) is 0.741. The molecule has 4 unspecified atom stereocenters. The second-order valence-corrected chi connectivity index (χ2v) is 9.43. The van der Waals surface area contributed by atoms with Crippen molar-refractivity contribution in [3.63, 3.8) is 0 Å². The summed E-state index contributed by atoms with van der Waals surface area (Å²) < 4.78 is 11.8. The number of nitrogens with one attached hydrogen (secondary N) is 1. The third-order valence-electron chi connectivity index (χ3n) is 6.78. The number of hydrogen-bond donors (Lipinski definition) is 4. The highest BCUT2D eigenvalue weighted by Gasteiger charge is 2.41. The monoisotopic (exact) mass is 511 g/mol. The van der Waals surface area contributed by atoms with Crippen molar-refractivity contribution in [2.45, 2.75) is 70.5 Å². The van der Waals surface area contributed by atoms with E-state index in [1.807, 2.05) is 12.1 Å². The Balaban J connectivity index is 0.000000572. The maximum Gasteiger partial charge on any atom is 0.379 e. The number of carbonyl (C=O) groups is 1. The normalized spacial score (nSPS) is 21.1. The maximum absolute atomic E-state index is 11.5. The van der Waals surface area contributed by atoms with Crippen LogP contribution in [0.2, 0.25) is 0 Å². The van der Waals surface area contributed by atoms with Gasteiger partial charge in [-0.2, -0.15) is 4.89 Å². The van der Waals surface area contributed by atoms with Crippen LogP contribution in [0.15, 0.2) is 18.2 Å². The number of benzene rings is 1. The van der Waals surface area contributed by atoms with Crippen LogP contribution >= 0.6 is 0 Å². The van der Waals surface area contributed by atoms with E-state index in [0.29, 0.717) is 24.9 Å². The third kappa shape index (κ3) is 10.3. The van der Waals surface area contributed by atoms with Gasteiger partial charge in [-0.3, -0.25) is 4.89 Å². The van der Waals surface area contributed by atoms with Gasteiger partial charge in [0.1, 0.15) is 5.75 Å². The molecule has 4 N–H and O–H groups in total. The Hall–Kier alpha value is -1.75. The highest BCUT2D eigenvalue weighted by molar-refractivity contribution is 5.70. The van der Waals surface area contributed by atoms with Crippen molar-refractivity contribution in [1.29, 1.82) is 0 Å². The van der Waals surface area contributed by atoms with E-state index < -0.39 is 5.97 Å². The molecule has 1 aromatic rings. The molecule has 1 saturated heterocycles. The van der Waals surface area contributed by atoms with Gasteiger partial charge in [0.2, 0.25) is 0 Å². The second kappa shape index (κ2) is 17.7.